The van der Waals surface area contributed by atoms with E-state index in [-0.39, 0.29) is 29.4 Å². The van der Waals surface area contributed by atoms with Crippen LogP contribution in [0.3, 0.4) is 0 Å². The van der Waals surface area contributed by atoms with E-state index in [2.05, 4.69) is 39.6 Å². The quantitative estimate of drug-likeness (QED) is 0.365. The summed E-state index contributed by atoms with van der Waals surface area (Å²) in [6.45, 7) is 7.93. The first-order valence-electron chi connectivity index (χ1n) is 11.3. The third-order valence-electron chi connectivity index (χ3n) is 5.93. The van der Waals surface area contributed by atoms with Crippen molar-refractivity contribution in [2.24, 2.45) is 7.05 Å². The second-order valence-corrected chi connectivity index (χ2v) is 9.16. The molecule has 5 rings (SSSR count). The molecule has 0 aliphatic carbocycles. The summed E-state index contributed by atoms with van der Waals surface area (Å²) in [6.07, 6.45) is 1.99. The minimum Gasteiger partial charge on any atom is -0.507 e. The van der Waals surface area contributed by atoms with Crippen molar-refractivity contribution in [1.82, 2.24) is 34.8 Å². The summed E-state index contributed by atoms with van der Waals surface area (Å²) in [5, 5.41) is 31.7. The van der Waals surface area contributed by atoms with Crippen molar-refractivity contribution in [3.8, 4) is 22.8 Å². The van der Waals surface area contributed by atoms with Gasteiger partial charge in [-0.15, -0.1) is 10.2 Å². The first kappa shape index (κ1) is 21.7. The van der Waals surface area contributed by atoms with E-state index in [1.165, 1.54) is 0 Å². The van der Waals surface area contributed by atoms with Crippen LogP contribution in [0.25, 0.3) is 38.9 Å². The highest BCUT2D eigenvalue weighted by Gasteiger charge is 2.25. The number of hydrogen-bond acceptors (Lipinski definition) is 5. The molecule has 3 heterocycles. The Morgan fingerprint density at radius 3 is 2.62 bits per heavy atom. The number of nitrogens with zero attached hydrogens (tertiary/aromatic N) is 5. The van der Waals surface area contributed by atoms with Crippen molar-refractivity contribution < 1.29 is 9.90 Å². The van der Waals surface area contributed by atoms with Crippen molar-refractivity contribution in [3.05, 3.63) is 54.1 Å². The van der Waals surface area contributed by atoms with Gasteiger partial charge in [-0.2, -0.15) is 5.10 Å². The van der Waals surface area contributed by atoms with Crippen molar-refractivity contribution in [2.75, 3.05) is 0 Å². The lowest BCUT2D eigenvalue weighted by molar-refractivity contribution is 0.0930. The maximum absolute atomic E-state index is 13.0. The first-order valence-corrected chi connectivity index (χ1v) is 11.3. The highest BCUT2D eigenvalue weighted by molar-refractivity contribution is 5.94. The van der Waals surface area contributed by atoms with Gasteiger partial charge in [0.1, 0.15) is 5.75 Å². The Morgan fingerprint density at radius 1 is 1.09 bits per heavy atom. The topological polar surface area (TPSA) is 114 Å². The normalized spacial score (nSPS) is 11.9. The van der Waals surface area contributed by atoms with E-state index >= 15 is 0 Å². The Balaban J connectivity index is 1.76. The van der Waals surface area contributed by atoms with Gasteiger partial charge in [-0.25, -0.2) is 0 Å². The van der Waals surface area contributed by atoms with Crippen molar-refractivity contribution >= 4 is 27.7 Å². The SMILES string of the molecule is CC(C)NC(=O)c1nnc(-c2cc3c(C(C)C)[nH]nc3cc2O)n1-c1ccc2c(ccn2C)c1. The predicted molar refractivity (Wildman–Crippen MR) is 131 cm³/mol. The zero-order valence-electron chi connectivity index (χ0n) is 19.8. The number of carbonyl (C=O) groups is 1. The summed E-state index contributed by atoms with van der Waals surface area (Å²) in [7, 11) is 1.98. The van der Waals surface area contributed by atoms with E-state index in [4.69, 9.17) is 0 Å². The molecule has 9 heteroatoms. The zero-order chi connectivity index (χ0) is 24.1. The number of fused-ring (bicyclic) bond motifs is 2. The summed E-state index contributed by atoms with van der Waals surface area (Å²) in [5.41, 5.74) is 3.89. The maximum Gasteiger partial charge on any atom is 0.289 e. The molecule has 34 heavy (non-hydrogen) atoms. The lowest BCUT2D eigenvalue weighted by Crippen LogP contribution is -2.32. The van der Waals surface area contributed by atoms with E-state index in [0.29, 0.717) is 16.9 Å². The van der Waals surface area contributed by atoms with Gasteiger partial charge in [0.15, 0.2) is 5.82 Å². The lowest BCUT2D eigenvalue weighted by atomic mass is 10.0. The second kappa shape index (κ2) is 8.02. The predicted octanol–water partition coefficient (Wildman–Crippen LogP) is 4.27. The maximum atomic E-state index is 13.0. The molecule has 0 radical (unpaired) electrons. The average Bonchev–Trinajstić information content (AvgIpc) is 3.49. The van der Waals surface area contributed by atoms with Crippen molar-refractivity contribution in [2.45, 2.75) is 39.7 Å². The molecule has 0 bridgehead atoms. The molecule has 0 atom stereocenters. The van der Waals surface area contributed by atoms with Gasteiger partial charge in [-0.3, -0.25) is 14.5 Å². The van der Waals surface area contributed by atoms with Crippen LogP contribution in [-0.2, 0) is 7.05 Å². The Morgan fingerprint density at radius 2 is 1.88 bits per heavy atom. The molecule has 1 amide bonds. The van der Waals surface area contributed by atoms with Crippen LogP contribution in [0.4, 0.5) is 0 Å². The average molecular weight is 458 g/mol. The number of hydrogen-bond donors (Lipinski definition) is 3. The van der Waals surface area contributed by atoms with Crippen LogP contribution in [0, 0.1) is 0 Å². The molecule has 3 aromatic heterocycles. The van der Waals surface area contributed by atoms with E-state index < -0.39 is 0 Å². The number of aromatic hydroxyl groups is 1. The molecule has 0 saturated carbocycles. The van der Waals surface area contributed by atoms with Crippen LogP contribution in [0.2, 0.25) is 0 Å². The molecular formula is C25H27N7O2. The van der Waals surface area contributed by atoms with Crippen molar-refractivity contribution in [1.29, 1.82) is 0 Å². The van der Waals surface area contributed by atoms with Crippen LogP contribution >= 0.6 is 0 Å². The van der Waals surface area contributed by atoms with Gasteiger partial charge in [0.2, 0.25) is 5.82 Å². The van der Waals surface area contributed by atoms with Crippen LogP contribution in [0.15, 0.2) is 42.6 Å². The van der Waals surface area contributed by atoms with E-state index in [1.54, 1.807) is 10.6 Å². The molecule has 0 unspecified atom stereocenters. The number of H-pyrrole nitrogens is 1. The summed E-state index contributed by atoms with van der Waals surface area (Å²) >= 11 is 0. The third kappa shape index (κ3) is 3.49. The Labute approximate surface area is 196 Å². The smallest absolute Gasteiger partial charge is 0.289 e. The molecule has 0 aliphatic heterocycles. The number of rotatable bonds is 5. The molecule has 3 N–H and O–H groups in total. The molecule has 174 valence electrons. The minimum absolute atomic E-state index is 0.0135. The van der Waals surface area contributed by atoms with E-state index in [0.717, 1.165) is 27.7 Å². The molecule has 9 nitrogen and oxygen atoms in total. The summed E-state index contributed by atoms with van der Waals surface area (Å²) in [4.78, 5) is 13.0. The molecule has 2 aromatic carbocycles. The Bertz CT molecular complexity index is 1540. The van der Waals surface area contributed by atoms with Gasteiger partial charge in [0.05, 0.1) is 16.8 Å². The molecular weight excluding hydrogens is 430 g/mol. The number of aromatic amines is 1. The van der Waals surface area contributed by atoms with Crippen LogP contribution in [-0.4, -0.2) is 46.6 Å². The van der Waals surface area contributed by atoms with Gasteiger partial charge in [-0.05, 0) is 50.1 Å². The zero-order valence-corrected chi connectivity index (χ0v) is 19.8. The number of nitrogens with one attached hydrogen (secondary N) is 2. The second-order valence-electron chi connectivity index (χ2n) is 9.16. The lowest BCUT2D eigenvalue weighted by Gasteiger charge is -2.13. The van der Waals surface area contributed by atoms with Crippen LogP contribution < -0.4 is 5.32 Å². The fourth-order valence-electron chi connectivity index (χ4n) is 4.27. The number of carbonyl (C=O) groups excluding carboxylic acids is 1. The van der Waals surface area contributed by atoms with Crippen LogP contribution in [0.5, 0.6) is 5.75 Å². The largest absolute Gasteiger partial charge is 0.507 e. The van der Waals surface area contributed by atoms with Gasteiger partial charge in [-0.1, -0.05) is 13.8 Å². The van der Waals surface area contributed by atoms with Gasteiger partial charge >= 0.3 is 0 Å². The van der Waals surface area contributed by atoms with E-state index in [9.17, 15) is 9.90 Å². The fourth-order valence-corrected chi connectivity index (χ4v) is 4.27. The number of amides is 1. The van der Waals surface area contributed by atoms with Crippen molar-refractivity contribution in [3.63, 3.8) is 0 Å². The number of aromatic nitrogens is 6. The highest BCUT2D eigenvalue weighted by atomic mass is 16.3. The van der Waals surface area contributed by atoms with E-state index in [1.807, 2.05) is 62.0 Å². The molecule has 0 aliphatic rings. The monoisotopic (exact) mass is 457 g/mol. The minimum atomic E-state index is -0.339. The third-order valence-corrected chi connectivity index (χ3v) is 5.93. The van der Waals surface area contributed by atoms with Gasteiger partial charge in [0, 0.05) is 47.3 Å². The highest BCUT2D eigenvalue weighted by Crippen LogP contribution is 2.36. The summed E-state index contributed by atoms with van der Waals surface area (Å²) in [5.74, 6) is 0.413. The summed E-state index contributed by atoms with van der Waals surface area (Å²) < 4.78 is 3.73. The Kier molecular flexibility index (Phi) is 5.11. The number of aryl methyl sites for hydroxylation is 1. The molecule has 0 spiro atoms. The van der Waals surface area contributed by atoms with Gasteiger partial charge in [0.25, 0.3) is 5.91 Å². The standard InChI is InChI=1S/C25H27N7O2/c1-13(2)22-17-11-18(21(33)12-19(17)27-28-22)23-29-30-24(25(34)26-14(3)4)32(23)16-6-7-20-15(10-16)8-9-31(20)5/h6-14,33H,1-5H3,(H,26,34)(H,27,28). The summed E-state index contributed by atoms with van der Waals surface area (Å²) in [6, 6.07) is 11.3. The fraction of sp³-hybridized carbons (Fsp3) is 0.280. The number of benzene rings is 2. The van der Waals surface area contributed by atoms with Crippen LogP contribution in [0.1, 0.15) is 49.9 Å². The van der Waals surface area contributed by atoms with Gasteiger partial charge < -0.3 is 15.0 Å². The number of phenols is 1. The Hall–Kier alpha value is -4.14. The molecule has 0 fully saturated rings. The number of phenolic OH excluding ortho intramolecular Hbond substituents is 1. The molecule has 5 aromatic rings. The first-order chi connectivity index (χ1) is 16.2. The molecule has 0 saturated heterocycles.